The number of hydrogen-bond acceptors (Lipinski definition) is 2. The Hall–Kier alpha value is -1.65. The Morgan fingerprint density at radius 2 is 1.45 bits per heavy atom. The molecule has 1 saturated heterocycles. The maximum atomic E-state index is 14.5. The summed E-state index contributed by atoms with van der Waals surface area (Å²) in [6.07, 6.45) is 0. The average Bonchev–Trinajstić information content (AvgIpc) is 2.68. The lowest BCUT2D eigenvalue weighted by atomic mass is 9.78. The molecule has 0 N–H and O–H groups in total. The van der Waals surface area contributed by atoms with Crippen molar-refractivity contribution in [2.24, 2.45) is 0 Å². The first-order valence-electron chi connectivity index (χ1n) is 7.51. The third kappa shape index (κ3) is 2.57. The van der Waals surface area contributed by atoms with Crippen molar-refractivity contribution in [1.82, 2.24) is 0 Å². The number of rotatable bonds is 2. The summed E-state index contributed by atoms with van der Waals surface area (Å²) in [4.78, 5) is 0. The molecular weight excluding hydrogens is 278 g/mol. The Morgan fingerprint density at radius 1 is 0.864 bits per heavy atom. The van der Waals surface area contributed by atoms with Gasteiger partial charge in [0.15, 0.2) is 0 Å². The first-order chi connectivity index (χ1) is 10.3. The highest BCUT2D eigenvalue weighted by molar-refractivity contribution is 6.62. The Bertz CT molecular complexity index is 667. The first kappa shape index (κ1) is 15.3. The second-order valence-electron chi connectivity index (χ2n) is 6.69. The van der Waals surface area contributed by atoms with Gasteiger partial charge in [0.05, 0.1) is 11.2 Å². The van der Waals surface area contributed by atoms with Gasteiger partial charge in [-0.05, 0) is 44.8 Å². The van der Waals surface area contributed by atoms with Crippen molar-refractivity contribution in [3.05, 3.63) is 54.3 Å². The van der Waals surface area contributed by atoms with Crippen molar-refractivity contribution >= 4 is 12.6 Å². The molecule has 0 atom stereocenters. The molecule has 0 aliphatic carbocycles. The molecule has 1 aliphatic heterocycles. The third-order valence-electron chi connectivity index (χ3n) is 4.60. The summed E-state index contributed by atoms with van der Waals surface area (Å²) >= 11 is 0. The quantitative estimate of drug-likeness (QED) is 0.785. The van der Waals surface area contributed by atoms with Crippen molar-refractivity contribution in [1.29, 1.82) is 0 Å². The predicted molar refractivity (Wildman–Crippen MR) is 87.6 cm³/mol. The normalized spacial score (nSPS) is 19.4. The van der Waals surface area contributed by atoms with Gasteiger partial charge in [-0.25, -0.2) is 4.39 Å². The Balaban J connectivity index is 1.91. The van der Waals surface area contributed by atoms with Crippen LogP contribution in [-0.2, 0) is 9.31 Å². The molecule has 0 bridgehead atoms. The second kappa shape index (κ2) is 5.22. The highest BCUT2D eigenvalue weighted by Gasteiger charge is 2.51. The minimum absolute atomic E-state index is 0.265. The van der Waals surface area contributed by atoms with Crippen LogP contribution in [0, 0.1) is 5.82 Å². The van der Waals surface area contributed by atoms with Crippen molar-refractivity contribution in [2.45, 2.75) is 38.9 Å². The van der Waals surface area contributed by atoms with Crippen LogP contribution in [0.5, 0.6) is 0 Å². The van der Waals surface area contributed by atoms with E-state index >= 15 is 0 Å². The van der Waals surface area contributed by atoms with Crippen LogP contribution in [0.4, 0.5) is 4.39 Å². The van der Waals surface area contributed by atoms with Crippen LogP contribution in [0.3, 0.4) is 0 Å². The highest BCUT2D eigenvalue weighted by atomic mass is 19.1. The standard InChI is InChI=1S/C18H20BFO2/c1-17(2)18(3,4)22-19(21-17)14-10-11-15(16(20)12-14)13-8-6-5-7-9-13/h5-12H,1-4H3. The van der Waals surface area contributed by atoms with Crippen molar-refractivity contribution in [3.63, 3.8) is 0 Å². The summed E-state index contributed by atoms with van der Waals surface area (Å²) in [5.41, 5.74) is 1.30. The minimum Gasteiger partial charge on any atom is -0.399 e. The van der Waals surface area contributed by atoms with Crippen LogP contribution in [0.15, 0.2) is 48.5 Å². The van der Waals surface area contributed by atoms with Gasteiger partial charge >= 0.3 is 7.12 Å². The molecule has 0 saturated carbocycles. The predicted octanol–water partition coefficient (Wildman–Crippen LogP) is 3.79. The number of halogens is 1. The smallest absolute Gasteiger partial charge is 0.399 e. The van der Waals surface area contributed by atoms with E-state index in [2.05, 4.69) is 0 Å². The van der Waals surface area contributed by atoms with Gasteiger partial charge < -0.3 is 9.31 Å². The molecule has 0 spiro atoms. The van der Waals surface area contributed by atoms with Gasteiger partial charge in [0.1, 0.15) is 5.82 Å². The van der Waals surface area contributed by atoms with E-state index in [1.54, 1.807) is 6.07 Å². The van der Waals surface area contributed by atoms with Gasteiger partial charge in [0.25, 0.3) is 0 Å². The average molecular weight is 298 g/mol. The summed E-state index contributed by atoms with van der Waals surface area (Å²) in [6, 6.07) is 14.7. The minimum atomic E-state index is -0.538. The molecule has 2 aromatic rings. The molecule has 2 aromatic carbocycles. The van der Waals surface area contributed by atoms with Crippen LogP contribution < -0.4 is 5.46 Å². The summed E-state index contributed by atoms with van der Waals surface area (Å²) < 4.78 is 26.4. The van der Waals surface area contributed by atoms with E-state index < -0.39 is 18.3 Å². The summed E-state index contributed by atoms with van der Waals surface area (Å²) in [7, 11) is -0.538. The Labute approximate surface area is 131 Å². The lowest BCUT2D eigenvalue weighted by Crippen LogP contribution is -2.41. The maximum absolute atomic E-state index is 14.5. The molecule has 3 rings (SSSR count). The van der Waals surface area contributed by atoms with E-state index in [-0.39, 0.29) is 5.82 Å². The van der Waals surface area contributed by atoms with Gasteiger partial charge in [-0.2, -0.15) is 0 Å². The zero-order valence-electron chi connectivity index (χ0n) is 13.4. The monoisotopic (exact) mass is 298 g/mol. The summed E-state index contributed by atoms with van der Waals surface area (Å²) in [5.74, 6) is -0.265. The largest absolute Gasteiger partial charge is 0.494 e. The van der Waals surface area contributed by atoms with Crippen LogP contribution in [0.25, 0.3) is 11.1 Å². The van der Waals surface area contributed by atoms with E-state index in [1.165, 1.54) is 6.07 Å². The van der Waals surface area contributed by atoms with Crippen molar-refractivity contribution in [3.8, 4) is 11.1 Å². The molecule has 0 aromatic heterocycles. The van der Waals surface area contributed by atoms with Crippen molar-refractivity contribution in [2.75, 3.05) is 0 Å². The molecule has 0 radical (unpaired) electrons. The van der Waals surface area contributed by atoms with Crippen LogP contribution in [0.1, 0.15) is 27.7 Å². The summed E-state index contributed by atoms with van der Waals surface area (Å²) in [5, 5.41) is 0. The number of benzene rings is 2. The van der Waals surface area contributed by atoms with Crippen LogP contribution >= 0.6 is 0 Å². The summed E-state index contributed by atoms with van der Waals surface area (Å²) in [6.45, 7) is 7.95. The van der Waals surface area contributed by atoms with E-state index in [9.17, 15) is 4.39 Å². The molecule has 114 valence electrons. The fourth-order valence-electron chi connectivity index (χ4n) is 2.51. The Kier molecular flexibility index (Phi) is 3.62. The van der Waals surface area contributed by atoms with E-state index in [1.807, 2.05) is 64.1 Å². The molecule has 0 unspecified atom stereocenters. The molecular formula is C18H20BFO2. The lowest BCUT2D eigenvalue weighted by molar-refractivity contribution is 0.00578. The zero-order valence-corrected chi connectivity index (χ0v) is 13.4. The fourth-order valence-corrected chi connectivity index (χ4v) is 2.51. The number of hydrogen-bond donors (Lipinski definition) is 0. The molecule has 4 heteroatoms. The first-order valence-corrected chi connectivity index (χ1v) is 7.51. The molecule has 1 heterocycles. The SMILES string of the molecule is CC1(C)OB(c2ccc(-c3ccccc3)c(F)c2)OC1(C)C. The van der Waals surface area contributed by atoms with Crippen LogP contribution in [0.2, 0.25) is 0 Å². The Morgan fingerprint density at radius 3 is 2.00 bits per heavy atom. The van der Waals surface area contributed by atoms with Gasteiger partial charge in [-0.1, -0.05) is 42.5 Å². The van der Waals surface area contributed by atoms with Crippen LogP contribution in [-0.4, -0.2) is 18.3 Å². The van der Waals surface area contributed by atoms with E-state index in [4.69, 9.17) is 9.31 Å². The molecule has 22 heavy (non-hydrogen) atoms. The van der Waals surface area contributed by atoms with Crippen molar-refractivity contribution < 1.29 is 13.7 Å². The molecule has 0 amide bonds. The second-order valence-corrected chi connectivity index (χ2v) is 6.69. The molecule has 1 fully saturated rings. The molecule has 2 nitrogen and oxygen atoms in total. The van der Waals surface area contributed by atoms with Gasteiger partial charge in [-0.3, -0.25) is 0 Å². The highest BCUT2D eigenvalue weighted by Crippen LogP contribution is 2.36. The van der Waals surface area contributed by atoms with E-state index in [0.29, 0.717) is 11.0 Å². The van der Waals surface area contributed by atoms with Gasteiger partial charge in [-0.15, -0.1) is 0 Å². The third-order valence-corrected chi connectivity index (χ3v) is 4.60. The van der Waals surface area contributed by atoms with E-state index in [0.717, 1.165) is 5.56 Å². The van der Waals surface area contributed by atoms with Gasteiger partial charge in [0, 0.05) is 5.56 Å². The molecule has 1 aliphatic rings. The van der Waals surface area contributed by atoms with Gasteiger partial charge in [0.2, 0.25) is 0 Å². The lowest BCUT2D eigenvalue weighted by Gasteiger charge is -2.32. The zero-order chi connectivity index (χ0) is 16.0. The fraction of sp³-hybridized carbons (Fsp3) is 0.333. The maximum Gasteiger partial charge on any atom is 0.494 e. The topological polar surface area (TPSA) is 18.5 Å².